The van der Waals surface area contributed by atoms with Crippen molar-refractivity contribution in [2.75, 3.05) is 73.3 Å². The van der Waals surface area contributed by atoms with Gasteiger partial charge in [-0.3, -0.25) is 33.6 Å². The second-order valence-corrected chi connectivity index (χ2v) is 34.4. The first-order valence-corrected chi connectivity index (χ1v) is 43.7. The summed E-state index contributed by atoms with van der Waals surface area (Å²) in [5.41, 5.74) is 0. The van der Waals surface area contributed by atoms with Gasteiger partial charge in [-0.15, -0.1) is 0 Å². The lowest BCUT2D eigenvalue weighted by Crippen LogP contribution is -2.71. The third kappa shape index (κ3) is 26.1. The molecule has 10 fully saturated rings. The van der Waals surface area contributed by atoms with Crippen LogP contribution in [0, 0.1) is 0 Å². The van der Waals surface area contributed by atoms with Crippen LogP contribution in [-0.4, -0.2) is 567 Å². The average Bonchev–Trinajstić information content (AvgIpc) is 0.758. The number of carbonyl (C=O) groups is 7. The molecule has 62 heteroatoms. The Labute approximate surface area is 785 Å². The highest BCUT2D eigenvalue weighted by Gasteiger charge is 2.65. The van der Waals surface area contributed by atoms with Crippen molar-refractivity contribution in [3.8, 4) is 0 Å². The number of hydrogen-bond acceptors (Lipinski definition) is 55. The molecule has 10 aliphatic heterocycles. The molecule has 0 aromatic heterocycles. The molecular formula is C77H125F2N5O55. The summed E-state index contributed by atoms with van der Waals surface area (Å²) < 4.78 is 157. The number of halogens is 2. The van der Waals surface area contributed by atoms with Crippen molar-refractivity contribution in [1.29, 1.82) is 0 Å². The maximum atomic E-state index is 13.9. The number of nitrogens with one attached hydrogen (secondary N) is 5. The van der Waals surface area contributed by atoms with Crippen molar-refractivity contribution in [3.63, 3.8) is 0 Å². The molecule has 10 saturated heterocycles. The molecule has 10 aliphatic rings. The van der Waals surface area contributed by atoms with Gasteiger partial charge in [-0.1, -0.05) is 0 Å². The van der Waals surface area contributed by atoms with E-state index < -0.39 is 427 Å². The van der Waals surface area contributed by atoms with Crippen LogP contribution in [0.4, 0.5) is 8.78 Å². The average molecular weight is 2040 g/mol. The third-order valence-electron chi connectivity index (χ3n) is 24.7. The molecule has 139 heavy (non-hydrogen) atoms. The van der Waals surface area contributed by atoms with Crippen LogP contribution < -0.4 is 26.6 Å². The first-order valence-electron chi connectivity index (χ1n) is 43.7. The van der Waals surface area contributed by atoms with Crippen LogP contribution in [0.3, 0.4) is 0 Å². The van der Waals surface area contributed by atoms with Crippen molar-refractivity contribution in [2.45, 2.75) is 366 Å². The van der Waals surface area contributed by atoms with Gasteiger partial charge in [0, 0.05) is 41.7 Å². The Balaban J connectivity index is 0.935. The fourth-order valence-electron chi connectivity index (χ4n) is 17.8. The summed E-state index contributed by atoms with van der Waals surface area (Å²) in [6.07, 6.45) is -103. The molecule has 60 nitrogen and oxygen atoms in total. The number of rotatable bonds is 42. The van der Waals surface area contributed by atoms with E-state index in [4.69, 9.17) is 104 Å². The molecular weight excluding hydrogens is 1910 g/mol. The van der Waals surface area contributed by atoms with E-state index in [-0.39, 0.29) is 12.9 Å². The molecule has 10 rings (SSSR count). The molecule has 31 N–H and O–H groups in total. The van der Waals surface area contributed by atoms with E-state index in [0.717, 1.165) is 41.7 Å². The summed E-state index contributed by atoms with van der Waals surface area (Å²) in [5.74, 6) is -10.9. The van der Waals surface area contributed by atoms with Gasteiger partial charge < -0.3 is 264 Å². The topological polar surface area (TPSA) is 909 Å². The number of aliphatic hydroxyl groups is 26. The normalized spacial score (nSPS) is 45.9. The molecule has 0 bridgehead atoms. The zero-order valence-electron chi connectivity index (χ0n) is 74.7. The summed E-state index contributed by atoms with van der Waals surface area (Å²) in [4.78, 5) is 88.0. The SMILES string of the molecule is COC1OC(CO)C(OC2OC(COC3OC(CO)C(O)C(O)C3OC3OC(CO)C(OC4OC(CO)C(O)C(OC5(OC=O)CC(O)C(NC(C)=O)C([C@H](O)[C@@H](O)CF)O5)C4O)C(O)C3NC(C)=O)C(O)C(OC3OC(CO)C(O)C(O)C3OC3OC(CO)C(OC4OC(CO)C(O)C(OC5(OC=O)CC(O)C(NC(C)=O)C([C@H](O)[C@@H](O)CF)O5)C4O)C(O)C3NC(C)=O)C2O)C(O)C1NC(C)=O. The van der Waals surface area contributed by atoms with E-state index in [1.54, 1.807) is 0 Å². The van der Waals surface area contributed by atoms with Crippen LogP contribution in [0.15, 0.2) is 0 Å². The van der Waals surface area contributed by atoms with Crippen molar-refractivity contribution in [2.24, 2.45) is 0 Å². The van der Waals surface area contributed by atoms with Gasteiger partial charge in [0.1, 0.15) is 245 Å². The molecule has 52 atom stereocenters. The van der Waals surface area contributed by atoms with Crippen LogP contribution in [0.1, 0.15) is 47.5 Å². The maximum Gasteiger partial charge on any atom is 0.332 e. The Hall–Kier alpha value is -5.69. The maximum absolute atomic E-state index is 13.9. The van der Waals surface area contributed by atoms with Crippen molar-refractivity contribution in [1.82, 2.24) is 26.6 Å². The fraction of sp³-hybridized carbons (Fsp3) is 0.909. The number of ether oxygens (including phenoxy) is 22. The highest BCUT2D eigenvalue weighted by atomic mass is 19.1. The lowest BCUT2D eigenvalue weighted by atomic mass is 9.91. The van der Waals surface area contributed by atoms with Crippen LogP contribution in [-0.2, 0) is 138 Å². The van der Waals surface area contributed by atoms with E-state index in [2.05, 4.69) is 26.6 Å². The molecule has 0 aliphatic carbocycles. The number of alkyl halides is 2. The predicted octanol–water partition coefficient (Wildman–Crippen LogP) is -21.0. The first-order chi connectivity index (χ1) is 65.8. The lowest BCUT2D eigenvalue weighted by Gasteiger charge is -2.51. The number of amides is 5. The summed E-state index contributed by atoms with van der Waals surface area (Å²) in [6, 6.07) is -9.30. The Morgan fingerprint density at radius 2 is 0.604 bits per heavy atom. The number of hydrogen-bond donors (Lipinski definition) is 31. The van der Waals surface area contributed by atoms with E-state index >= 15 is 0 Å². The minimum Gasteiger partial charge on any atom is -0.410 e. The molecule has 802 valence electrons. The third-order valence-corrected chi connectivity index (χ3v) is 24.7. The standard InChI is InChI=1S/C77H125F2N5O55/c1-21(94)80-38-26(99)7-76(120-19-92,136-61(38)43(103)28(101)9-78)138-64-47(107)32(13-87)122-72(56(64)116)131-59-35(16-90)127-69(41(51(59)111)83-24(4)97)134-66-53(113)45(105)30(11-85)124-74(66)119-18-37-49(109)63(55(115)71(129-37)130-58-34(15-89)126-68(118-6)40(50(58)110)82-23(3)96)133-75-67(54(114)46(106)31(12-86)125-75)135-70-42(84-25(5)98)52(112)60(36(17-91)128-70)132-73-57(117)65(48(108)33(14-88)123-73)139-77(121-20-93)8-27(100)39(81-22(2)95)62(137-77)44(104)29(102)10-79/h19-20,26-75,85-91,99-117H,7-18H2,1-6H3,(H,80,94)(H,81,95)(H,82,96)(H,83,97)(H,84,98)/t26?,27?,28-,29-,30?,31?,32?,33?,34?,35?,36?,37?,38?,39?,40?,41?,42?,43+,44+,45?,46?,47?,48?,49?,50?,51?,52?,53?,54?,55?,56?,57?,58?,59?,60?,61?,62?,63?,64?,65?,66?,67?,68?,69?,70?,71?,72?,73?,74?,75?,76?,77?/m0/s1. The number of methoxy groups -OCH3 is 1. The molecule has 5 amide bonds. The van der Waals surface area contributed by atoms with Gasteiger partial charge >= 0.3 is 11.9 Å². The smallest absolute Gasteiger partial charge is 0.332 e. The van der Waals surface area contributed by atoms with Crippen molar-refractivity contribution >= 4 is 42.5 Å². The van der Waals surface area contributed by atoms with Gasteiger partial charge in [0.25, 0.3) is 12.9 Å². The van der Waals surface area contributed by atoms with E-state index in [0.29, 0.717) is 0 Å². The van der Waals surface area contributed by atoms with Gasteiger partial charge in [-0.05, 0) is 0 Å². The zero-order chi connectivity index (χ0) is 103. The fourth-order valence-corrected chi connectivity index (χ4v) is 17.8. The Bertz CT molecular complexity index is 3890. The van der Waals surface area contributed by atoms with E-state index in [1.165, 1.54) is 0 Å². The molecule has 0 saturated carbocycles. The second-order valence-electron chi connectivity index (χ2n) is 34.4. The Kier molecular flexibility index (Phi) is 42.0. The van der Waals surface area contributed by atoms with Crippen molar-refractivity contribution in [3.05, 3.63) is 0 Å². The molecule has 0 aromatic carbocycles. The quantitative estimate of drug-likeness (QED) is 0.0199. The van der Waals surface area contributed by atoms with Crippen LogP contribution >= 0.6 is 0 Å². The summed E-state index contributed by atoms with van der Waals surface area (Å²) in [5, 5.41) is 309. The summed E-state index contributed by atoms with van der Waals surface area (Å²) >= 11 is 0. The molecule has 48 unspecified atom stereocenters. The Morgan fingerprint density at radius 3 is 0.935 bits per heavy atom. The lowest BCUT2D eigenvalue weighted by molar-refractivity contribution is -0.445. The highest BCUT2D eigenvalue weighted by molar-refractivity contribution is 5.75. The molecule has 10 heterocycles. The second kappa shape index (κ2) is 50.6. The van der Waals surface area contributed by atoms with E-state index in [9.17, 15) is 175 Å². The summed E-state index contributed by atoms with van der Waals surface area (Å²) in [7, 11) is 1.08. The van der Waals surface area contributed by atoms with Gasteiger partial charge in [-0.2, -0.15) is 0 Å². The minimum atomic E-state index is -3.10. The summed E-state index contributed by atoms with van der Waals surface area (Å²) in [6.45, 7) is -9.17. The predicted molar refractivity (Wildman–Crippen MR) is 424 cm³/mol. The van der Waals surface area contributed by atoms with Gasteiger partial charge in [0.2, 0.25) is 29.5 Å². The number of carbonyl (C=O) groups excluding carboxylic acids is 7. The van der Waals surface area contributed by atoms with Crippen molar-refractivity contribution < 1.29 is 279 Å². The van der Waals surface area contributed by atoms with Crippen LogP contribution in [0.2, 0.25) is 0 Å². The van der Waals surface area contributed by atoms with E-state index in [1.807, 2.05) is 0 Å². The largest absolute Gasteiger partial charge is 0.410 e. The van der Waals surface area contributed by atoms with Crippen LogP contribution in [0.25, 0.3) is 0 Å². The molecule has 0 aromatic rings. The van der Waals surface area contributed by atoms with Gasteiger partial charge in [-0.25, -0.2) is 8.78 Å². The Morgan fingerprint density at radius 1 is 0.331 bits per heavy atom. The van der Waals surface area contributed by atoms with Gasteiger partial charge in [0.15, 0.2) is 50.3 Å². The molecule has 0 spiro atoms. The number of aliphatic hydroxyl groups excluding tert-OH is 26. The van der Waals surface area contributed by atoms with Crippen LogP contribution in [0.5, 0.6) is 0 Å². The minimum absolute atomic E-state index is 0.349. The highest BCUT2D eigenvalue weighted by Crippen LogP contribution is 2.45. The van der Waals surface area contributed by atoms with Gasteiger partial charge in [0.05, 0.1) is 90.0 Å². The first kappa shape index (κ1) is 115. The monoisotopic (exact) mass is 2040 g/mol. The molecule has 0 radical (unpaired) electrons. The zero-order valence-corrected chi connectivity index (χ0v) is 74.7.